The van der Waals surface area contributed by atoms with E-state index in [1.807, 2.05) is 40.7 Å². The van der Waals surface area contributed by atoms with E-state index in [4.69, 9.17) is 5.73 Å². The summed E-state index contributed by atoms with van der Waals surface area (Å²) in [7, 11) is -3.57. The van der Waals surface area contributed by atoms with Gasteiger partial charge in [-0.1, -0.05) is 6.07 Å². The highest BCUT2D eigenvalue weighted by molar-refractivity contribution is 7.89. The minimum absolute atomic E-state index is 0.319. The van der Waals surface area contributed by atoms with Gasteiger partial charge in [-0.2, -0.15) is 0 Å². The van der Waals surface area contributed by atoms with Crippen LogP contribution < -0.4 is 10.5 Å². The van der Waals surface area contributed by atoms with Crippen molar-refractivity contribution in [3.05, 3.63) is 28.3 Å². The minimum Gasteiger partial charge on any atom is -0.329 e. The number of rotatable bonds is 5. The Hall–Kier alpha value is -0.910. The molecule has 1 aromatic carbocycles. The van der Waals surface area contributed by atoms with Crippen LogP contribution in [0.1, 0.15) is 42.0 Å². The van der Waals surface area contributed by atoms with Crippen molar-refractivity contribution in [3.8, 4) is 0 Å². The number of hydrogen-bond acceptors (Lipinski definition) is 3. The van der Waals surface area contributed by atoms with E-state index in [0.717, 1.165) is 35.1 Å². The summed E-state index contributed by atoms with van der Waals surface area (Å²) in [4.78, 5) is 0.417. The molecule has 0 spiro atoms. The van der Waals surface area contributed by atoms with E-state index >= 15 is 0 Å². The summed E-state index contributed by atoms with van der Waals surface area (Å²) in [6, 6.07) is 2.03. The van der Waals surface area contributed by atoms with Crippen molar-refractivity contribution in [2.24, 2.45) is 11.7 Å². The van der Waals surface area contributed by atoms with E-state index in [1.165, 1.54) is 0 Å². The smallest absolute Gasteiger partial charge is 0.241 e. The third kappa shape index (κ3) is 3.00. The summed E-state index contributed by atoms with van der Waals surface area (Å²) in [6.07, 6.45) is 2.09. The van der Waals surface area contributed by atoms with Gasteiger partial charge in [0.15, 0.2) is 0 Å². The van der Waals surface area contributed by atoms with Crippen LogP contribution in [-0.2, 0) is 10.0 Å². The molecule has 2 rings (SSSR count). The molecule has 1 aliphatic rings. The van der Waals surface area contributed by atoms with Crippen LogP contribution in [-0.4, -0.2) is 20.5 Å². The first-order valence-electron chi connectivity index (χ1n) is 7.44. The Morgan fingerprint density at radius 2 is 1.67 bits per heavy atom. The summed E-state index contributed by atoms with van der Waals surface area (Å²) in [6.45, 7) is 9.86. The maximum atomic E-state index is 12.9. The molecular formula is C16H26N2O2S. The molecule has 5 heteroatoms. The second-order valence-electron chi connectivity index (χ2n) is 6.59. The highest BCUT2D eigenvalue weighted by Crippen LogP contribution is 2.40. The van der Waals surface area contributed by atoms with Crippen LogP contribution in [0.4, 0.5) is 0 Å². The standard InChI is InChI=1S/C16H26N2O2S/c1-10-8-11(2)13(4)15(12(10)3)21(19,20)18-16(5,9-17)14-6-7-14/h8,14,18H,6-7,9,17H2,1-5H3. The number of benzene rings is 1. The molecule has 0 radical (unpaired) electrons. The summed E-state index contributed by atoms with van der Waals surface area (Å²) >= 11 is 0. The molecule has 0 bridgehead atoms. The largest absolute Gasteiger partial charge is 0.329 e. The molecule has 118 valence electrons. The fourth-order valence-electron chi connectivity index (χ4n) is 2.95. The third-order valence-corrected chi connectivity index (χ3v) is 6.72. The Kier molecular flexibility index (Phi) is 4.21. The van der Waals surface area contributed by atoms with E-state index in [2.05, 4.69) is 4.72 Å². The van der Waals surface area contributed by atoms with Gasteiger partial charge in [-0.05, 0) is 75.6 Å². The van der Waals surface area contributed by atoms with E-state index in [9.17, 15) is 8.42 Å². The second kappa shape index (κ2) is 5.38. The molecule has 0 amide bonds. The lowest BCUT2D eigenvalue weighted by molar-refractivity contribution is 0.374. The van der Waals surface area contributed by atoms with Crippen LogP contribution in [0, 0.1) is 33.6 Å². The molecule has 0 aromatic heterocycles. The van der Waals surface area contributed by atoms with Crippen molar-refractivity contribution in [2.75, 3.05) is 6.54 Å². The molecular weight excluding hydrogens is 284 g/mol. The van der Waals surface area contributed by atoms with Gasteiger partial charge < -0.3 is 5.73 Å². The zero-order chi connectivity index (χ0) is 16.0. The molecule has 3 N–H and O–H groups in total. The van der Waals surface area contributed by atoms with Crippen molar-refractivity contribution in [3.63, 3.8) is 0 Å². The highest BCUT2D eigenvalue weighted by Gasteiger charge is 2.43. The maximum absolute atomic E-state index is 12.9. The van der Waals surface area contributed by atoms with Gasteiger partial charge in [0.2, 0.25) is 10.0 Å². The lowest BCUT2D eigenvalue weighted by Gasteiger charge is -2.30. The van der Waals surface area contributed by atoms with Gasteiger partial charge in [0.05, 0.1) is 4.90 Å². The molecule has 0 saturated heterocycles. The number of hydrogen-bond donors (Lipinski definition) is 2. The molecule has 1 unspecified atom stereocenters. The number of nitrogens with one attached hydrogen (secondary N) is 1. The van der Waals surface area contributed by atoms with Crippen molar-refractivity contribution < 1.29 is 8.42 Å². The van der Waals surface area contributed by atoms with Gasteiger partial charge in [0.1, 0.15) is 0 Å². The lowest BCUT2D eigenvalue weighted by atomic mass is 9.98. The quantitative estimate of drug-likeness (QED) is 0.876. The Morgan fingerprint density at radius 3 is 2.05 bits per heavy atom. The van der Waals surface area contributed by atoms with Crippen molar-refractivity contribution in [1.29, 1.82) is 0 Å². The molecule has 0 heterocycles. The summed E-state index contributed by atoms with van der Waals surface area (Å²) < 4.78 is 28.7. The molecule has 0 aliphatic heterocycles. The van der Waals surface area contributed by atoms with Crippen LogP contribution >= 0.6 is 0 Å². The van der Waals surface area contributed by atoms with E-state index in [-0.39, 0.29) is 0 Å². The lowest BCUT2D eigenvalue weighted by Crippen LogP contribution is -2.53. The summed E-state index contributed by atoms with van der Waals surface area (Å²) in [5, 5.41) is 0. The topological polar surface area (TPSA) is 72.2 Å². The van der Waals surface area contributed by atoms with E-state index in [0.29, 0.717) is 17.4 Å². The van der Waals surface area contributed by atoms with Crippen LogP contribution in [0.5, 0.6) is 0 Å². The van der Waals surface area contributed by atoms with Crippen molar-refractivity contribution in [1.82, 2.24) is 4.72 Å². The van der Waals surface area contributed by atoms with Crippen LogP contribution in [0.2, 0.25) is 0 Å². The molecule has 21 heavy (non-hydrogen) atoms. The van der Waals surface area contributed by atoms with Crippen LogP contribution in [0.25, 0.3) is 0 Å². The van der Waals surface area contributed by atoms with E-state index in [1.54, 1.807) is 0 Å². The first-order chi connectivity index (χ1) is 9.62. The molecule has 1 aliphatic carbocycles. The highest BCUT2D eigenvalue weighted by atomic mass is 32.2. The first-order valence-corrected chi connectivity index (χ1v) is 8.92. The molecule has 1 aromatic rings. The molecule has 1 atom stereocenters. The molecule has 4 nitrogen and oxygen atoms in total. The zero-order valence-corrected chi connectivity index (χ0v) is 14.4. The number of aryl methyl sites for hydroxylation is 2. The first kappa shape index (κ1) is 16.5. The Morgan fingerprint density at radius 1 is 1.19 bits per heavy atom. The Balaban J connectivity index is 2.50. The predicted molar refractivity (Wildman–Crippen MR) is 85.9 cm³/mol. The average Bonchev–Trinajstić information content (AvgIpc) is 3.20. The Labute approximate surface area is 128 Å². The predicted octanol–water partition coefficient (Wildman–Crippen LogP) is 2.33. The number of nitrogens with two attached hydrogens (primary N) is 1. The van der Waals surface area contributed by atoms with Crippen LogP contribution in [0.15, 0.2) is 11.0 Å². The van der Waals surface area contributed by atoms with Gasteiger partial charge in [0, 0.05) is 12.1 Å². The maximum Gasteiger partial charge on any atom is 0.241 e. The fourth-order valence-corrected chi connectivity index (χ4v) is 5.05. The third-order valence-electron chi connectivity index (χ3n) is 4.84. The number of sulfonamides is 1. The van der Waals surface area contributed by atoms with Gasteiger partial charge >= 0.3 is 0 Å². The monoisotopic (exact) mass is 310 g/mol. The zero-order valence-electron chi connectivity index (χ0n) is 13.6. The molecule has 1 fully saturated rings. The second-order valence-corrected chi connectivity index (χ2v) is 8.21. The van der Waals surface area contributed by atoms with Gasteiger partial charge in [-0.25, -0.2) is 13.1 Å². The van der Waals surface area contributed by atoms with Crippen molar-refractivity contribution >= 4 is 10.0 Å². The summed E-state index contributed by atoms with van der Waals surface area (Å²) in [5.41, 5.74) is 8.94. The fraction of sp³-hybridized carbons (Fsp3) is 0.625. The Bertz CT molecular complexity index is 637. The van der Waals surface area contributed by atoms with Crippen LogP contribution in [0.3, 0.4) is 0 Å². The average molecular weight is 310 g/mol. The van der Waals surface area contributed by atoms with Gasteiger partial charge in [0.25, 0.3) is 0 Å². The SMILES string of the molecule is Cc1cc(C)c(C)c(S(=O)(=O)NC(C)(CN)C2CC2)c1C. The van der Waals surface area contributed by atoms with Crippen molar-refractivity contribution in [2.45, 2.75) is 57.9 Å². The van der Waals surface area contributed by atoms with E-state index < -0.39 is 15.6 Å². The van der Waals surface area contributed by atoms with Gasteiger partial charge in [-0.15, -0.1) is 0 Å². The normalized spacial score (nSPS) is 18.6. The van der Waals surface area contributed by atoms with Gasteiger partial charge in [-0.3, -0.25) is 0 Å². The minimum atomic E-state index is -3.57. The summed E-state index contributed by atoms with van der Waals surface area (Å²) in [5.74, 6) is 0.351. The molecule has 1 saturated carbocycles.